The quantitative estimate of drug-likeness (QED) is 0.485. The highest BCUT2D eigenvalue weighted by atomic mass is 16.6. The molecule has 0 aliphatic heterocycles. The molecule has 160 valence electrons. The maximum atomic E-state index is 13.2. The first-order valence-corrected chi connectivity index (χ1v) is 9.58. The van der Waals surface area contributed by atoms with Gasteiger partial charge in [0.15, 0.2) is 0 Å². The van der Waals surface area contributed by atoms with Gasteiger partial charge < -0.3 is 9.47 Å². The third kappa shape index (κ3) is 6.34. The van der Waals surface area contributed by atoms with E-state index in [0.717, 1.165) is 10.0 Å². The zero-order valence-corrected chi connectivity index (χ0v) is 18.2. The van der Waals surface area contributed by atoms with Crippen molar-refractivity contribution in [3.63, 3.8) is 0 Å². The van der Waals surface area contributed by atoms with Gasteiger partial charge in [-0.25, -0.2) is 9.59 Å². The van der Waals surface area contributed by atoms with Crippen molar-refractivity contribution < 1.29 is 23.9 Å². The first kappa shape index (κ1) is 22.9. The van der Waals surface area contributed by atoms with E-state index in [4.69, 9.17) is 9.47 Å². The molecule has 2 amide bonds. The molecular formula is C23H28N2O5. The summed E-state index contributed by atoms with van der Waals surface area (Å²) in [5.74, 6) is 0. The van der Waals surface area contributed by atoms with Crippen molar-refractivity contribution in [2.24, 2.45) is 0 Å². The lowest BCUT2D eigenvalue weighted by atomic mass is 10.2. The SMILES string of the molecule is CC(C)(C)OC(=O)N(c1ccccc1)N(C(=O)OC(C)(C)C)c1ccc(C=O)cc1. The van der Waals surface area contributed by atoms with Gasteiger partial charge in [-0.3, -0.25) is 4.79 Å². The van der Waals surface area contributed by atoms with Crippen LogP contribution in [0, 0.1) is 0 Å². The summed E-state index contributed by atoms with van der Waals surface area (Å²) in [6.07, 6.45) is -0.820. The summed E-state index contributed by atoms with van der Waals surface area (Å²) in [7, 11) is 0. The Bertz CT molecular complexity index is 881. The van der Waals surface area contributed by atoms with E-state index in [1.54, 1.807) is 96.1 Å². The molecule has 0 saturated carbocycles. The van der Waals surface area contributed by atoms with Gasteiger partial charge in [-0.1, -0.05) is 18.2 Å². The number of carbonyl (C=O) groups is 3. The van der Waals surface area contributed by atoms with Gasteiger partial charge in [-0.05, 0) is 77.9 Å². The monoisotopic (exact) mass is 412 g/mol. The Labute approximate surface area is 177 Å². The maximum Gasteiger partial charge on any atom is 0.434 e. The van der Waals surface area contributed by atoms with Gasteiger partial charge in [0, 0.05) is 5.56 Å². The molecule has 0 aromatic heterocycles. The van der Waals surface area contributed by atoms with Crippen molar-refractivity contribution in [3.8, 4) is 0 Å². The zero-order valence-electron chi connectivity index (χ0n) is 18.2. The molecule has 0 N–H and O–H groups in total. The third-order valence-electron chi connectivity index (χ3n) is 3.61. The second-order valence-electron chi connectivity index (χ2n) is 8.63. The maximum absolute atomic E-state index is 13.2. The summed E-state index contributed by atoms with van der Waals surface area (Å²) in [6, 6.07) is 14.9. The third-order valence-corrected chi connectivity index (χ3v) is 3.61. The predicted molar refractivity (Wildman–Crippen MR) is 116 cm³/mol. The molecule has 0 aliphatic carbocycles. The fraction of sp³-hybridized carbons (Fsp3) is 0.348. The highest BCUT2D eigenvalue weighted by Gasteiger charge is 2.35. The highest BCUT2D eigenvalue weighted by molar-refractivity contribution is 6.02. The van der Waals surface area contributed by atoms with E-state index in [1.165, 1.54) is 0 Å². The van der Waals surface area contributed by atoms with E-state index < -0.39 is 23.4 Å². The number of para-hydroxylation sites is 1. The number of carbonyl (C=O) groups excluding carboxylic acids is 3. The van der Waals surface area contributed by atoms with Gasteiger partial charge in [-0.2, -0.15) is 10.0 Å². The van der Waals surface area contributed by atoms with Crippen LogP contribution in [0.3, 0.4) is 0 Å². The Balaban J connectivity index is 2.62. The van der Waals surface area contributed by atoms with Crippen LogP contribution in [0.1, 0.15) is 51.9 Å². The number of nitrogens with zero attached hydrogens (tertiary/aromatic N) is 2. The summed E-state index contributed by atoms with van der Waals surface area (Å²) in [5, 5.41) is 2.22. The Morgan fingerprint density at radius 3 is 1.47 bits per heavy atom. The number of anilines is 2. The van der Waals surface area contributed by atoms with Crippen molar-refractivity contribution in [1.29, 1.82) is 0 Å². The lowest BCUT2D eigenvalue weighted by molar-refractivity contribution is 0.0479. The van der Waals surface area contributed by atoms with E-state index >= 15 is 0 Å². The fourth-order valence-corrected chi connectivity index (χ4v) is 2.48. The van der Waals surface area contributed by atoms with Crippen molar-refractivity contribution in [2.75, 3.05) is 10.0 Å². The number of hydrogen-bond donors (Lipinski definition) is 0. The largest absolute Gasteiger partial charge is 0.442 e. The molecule has 0 bridgehead atoms. The van der Waals surface area contributed by atoms with Gasteiger partial charge in [0.1, 0.15) is 17.5 Å². The molecule has 0 saturated heterocycles. The van der Waals surface area contributed by atoms with Crippen LogP contribution in [0.4, 0.5) is 21.0 Å². The second kappa shape index (κ2) is 8.98. The molecule has 0 aliphatic rings. The van der Waals surface area contributed by atoms with Gasteiger partial charge in [-0.15, -0.1) is 0 Å². The van der Waals surface area contributed by atoms with Crippen LogP contribution in [0.2, 0.25) is 0 Å². The first-order valence-electron chi connectivity index (χ1n) is 9.58. The molecule has 30 heavy (non-hydrogen) atoms. The number of amides is 2. The van der Waals surface area contributed by atoms with E-state index in [9.17, 15) is 14.4 Å². The molecule has 0 heterocycles. The molecule has 0 atom stereocenters. The lowest BCUT2D eigenvalue weighted by Crippen LogP contribution is -2.53. The molecule has 7 nitrogen and oxygen atoms in total. The normalized spacial score (nSPS) is 11.4. The number of benzene rings is 2. The topological polar surface area (TPSA) is 76.2 Å². The molecule has 2 aromatic rings. The minimum Gasteiger partial charge on any atom is -0.442 e. The van der Waals surface area contributed by atoms with Gasteiger partial charge in [0.25, 0.3) is 0 Å². The fourth-order valence-electron chi connectivity index (χ4n) is 2.48. The minimum atomic E-state index is -0.797. The predicted octanol–water partition coefficient (Wildman–Crippen LogP) is 5.60. The number of aldehydes is 1. The molecule has 0 radical (unpaired) electrons. The van der Waals surface area contributed by atoms with Crippen molar-refractivity contribution in [3.05, 3.63) is 60.2 Å². The summed E-state index contributed by atoms with van der Waals surface area (Å²) in [6.45, 7) is 10.4. The summed E-state index contributed by atoms with van der Waals surface area (Å²) < 4.78 is 11.1. The van der Waals surface area contributed by atoms with Crippen LogP contribution in [-0.2, 0) is 9.47 Å². The molecule has 2 rings (SSSR count). The molecule has 0 spiro atoms. The Morgan fingerprint density at radius 2 is 1.10 bits per heavy atom. The Morgan fingerprint density at radius 1 is 0.700 bits per heavy atom. The van der Waals surface area contributed by atoms with Crippen LogP contribution in [0.5, 0.6) is 0 Å². The Hall–Kier alpha value is -3.35. The standard InChI is InChI=1S/C23H28N2O5/c1-22(2,3)29-20(27)24(18-10-8-7-9-11-18)25(21(28)30-23(4,5)6)19-14-12-17(16-26)13-15-19/h7-16H,1-6H3. The average molecular weight is 412 g/mol. The van der Waals surface area contributed by atoms with Crippen LogP contribution < -0.4 is 10.0 Å². The molecule has 0 unspecified atom stereocenters. The smallest absolute Gasteiger partial charge is 0.434 e. The molecule has 2 aromatic carbocycles. The highest BCUT2D eigenvalue weighted by Crippen LogP contribution is 2.27. The van der Waals surface area contributed by atoms with Crippen LogP contribution in [0.15, 0.2) is 54.6 Å². The van der Waals surface area contributed by atoms with Crippen LogP contribution >= 0.6 is 0 Å². The number of hydrogen-bond acceptors (Lipinski definition) is 5. The lowest BCUT2D eigenvalue weighted by Gasteiger charge is -2.36. The number of ether oxygens (including phenoxy) is 2. The summed E-state index contributed by atoms with van der Waals surface area (Å²) in [4.78, 5) is 37.4. The van der Waals surface area contributed by atoms with Crippen molar-refractivity contribution >= 4 is 29.8 Å². The number of rotatable bonds is 3. The Kier molecular flexibility index (Phi) is 6.87. The van der Waals surface area contributed by atoms with E-state index in [-0.39, 0.29) is 0 Å². The summed E-state index contributed by atoms with van der Waals surface area (Å²) in [5.41, 5.74) is -0.396. The van der Waals surface area contributed by atoms with Gasteiger partial charge in [0.2, 0.25) is 0 Å². The van der Waals surface area contributed by atoms with Crippen LogP contribution in [0.25, 0.3) is 0 Å². The first-order chi connectivity index (χ1) is 13.9. The van der Waals surface area contributed by atoms with Crippen molar-refractivity contribution in [1.82, 2.24) is 0 Å². The summed E-state index contributed by atoms with van der Waals surface area (Å²) >= 11 is 0. The molecule has 0 fully saturated rings. The average Bonchev–Trinajstić information content (AvgIpc) is 2.64. The number of hydrazine groups is 1. The van der Waals surface area contributed by atoms with E-state index in [0.29, 0.717) is 23.2 Å². The van der Waals surface area contributed by atoms with Crippen molar-refractivity contribution in [2.45, 2.75) is 52.7 Å². The van der Waals surface area contributed by atoms with E-state index in [1.807, 2.05) is 0 Å². The second-order valence-corrected chi connectivity index (χ2v) is 8.63. The molecule has 7 heteroatoms. The van der Waals surface area contributed by atoms with Gasteiger partial charge in [0.05, 0.1) is 11.4 Å². The molecular weight excluding hydrogens is 384 g/mol. The van der Waals surface area contributed by atoms with E-state index in [2.05, 4.69) is 0 Å². The van der Waals surface area contributed by atoms with Gasteiger partial charge >= 0.3 is 12.2 Å². The zero-order chi connectivity index (χ0) is 22.5. The minimum absolute atomic E-state index is 0.338. The van der Waals surface area contributed by atoms with Crippen LogP contribution in [-0.4, -0.2) is 29.7 Å².